The summed E-state index contributed by atoms with van der Waals surface area (Å²) < 4.78 is 13.6. The molecule has 3 nitrogen and oxygen atoms in total. The van der Waals surface area contributed by atoms with Crippen molar-refractivity contribution >= 4 is 44.7 Å². The Hall–Kier alpha value is -1.01. The molecule has 0 fully saturated rings. The number of nitrogens with one attached hydrogen (secondary N) is 1. The second kappa shape index (κ2) is 6.24. The fourth-order valence-corrected chi connectivity index (χ4v) is 2.18. The summed E-state index contributed by atoms with van der Waals surface area (Å²) in [4.78, 5) is 12.1. The summed E-state index contributed by atoms with van der Waals surface area (Å²) >= 11 is 7.91. The van der Waals surface area contributed by atoms with E-state index in [0.717, 1.165) is 0 Å². The Morgan fingerprint density at radius 3 is 2.56 bits per heavy atom. The van der Waals surface area contributed by atoms with E-state index in [1.54, 1.807) is 6.07 Å². The van der Waals surface area contributed by atoms with Crippen molar-refractivity contribution in [2.75, 3.05) is 5.32 Å². The van der Waals surface area contributed by atoms with E-state index < -0.39 is 11.7 Å². The Morgan fingerprint density at radius 2 is 2.11 bits per heavy atom. The smallest absolute Gasteiger partial charge is 0.234 e. The van der Waals surface area contributed by atoms with Crippen LogP contribution in [-0.4, -0.2) is 10.9 Å². The van der Waals surface area contributed by atoms with E-state index in [0.29, 0.717) is 10.2 Å². The third-order valence-electron chi connectivity index (χ3n) is 2.44. The lowest BCUT2D eigenvalue weighted by Crippen LogP contribution is -2.36. The zero-order valence-corrected chi connectivity index (χ0v) is 12.4. The van der Waals surface area contributed by atoms with Gasteiger partial charge in [-0.1, -0.05) is 26.1 Å². The maximum absolute atomic E-state index is 13.3. The molecule has 0 aromatic heterocycles. The standard InChI is InChI=1S/C12H14BrFN2OS/c1-6(2)10(11(15)18)12(17)16-7-3-4-8(13)9(14)5-7/h3-6,10H,1-2H3,(H2,15,18)(H,16,17). The Kier molecular flexibility index (Phi) is 5.22. The number of rotatable bonds is 4. The normalized spacial score (nSPS) is 12.3. The van der Waals surface area contributed by atoms with Crippen LogP contribution in [0.5, 0.6) is 0 Å². The number of thiocarbonyl (C=S) groups is 1. The van der Waals surface area contributed by atoms with Gasteiger partial charge in [0.2, 0.25) is 5.91 Å². The largest absolute Gasteiger partial charge is 0.393 e. The molecule has 1 aromatic rings. The number of amides is 1. The lowest BCUT2D eigenvalue weighted by molar-refractivity contribution is -0.118. The van der Waals surface area contributed by atoms with Crippen LogP contribution in [-0.2, 0) is 4.79 Å². The van der Waals surface area contributed by atoms with Crippen LogP contribution in [0.25, 0.3) is 0 Å². The number of anilines is 1. The van der Waals surface area contributed by atoms with Gasteiger partial charge in [-0.3, -0.25) is 4.79 Å². The molecular weight excluding hydrogens is 319 g/mol. The molecule has 1 unspecified atom stereocenters. The fraction of sp³-hybridized carbons (Fsp3) is 0.333. The first kappa shape index (κ1) is 15.0. The summed E-state index contributed by atoms with van der Waals surface area (Å²) in [5.74, 6) is -1.34. The van der Waals surface area contributed by atoms with E-state index in [-0.39, 0.29) is 16.8 Å². The average molecular weight is 333 g/mol. The third-order valence-corrected chi connectivity index (χ3v) is 3.34. The van der Waals surface area contributed by atoms with Gasteiger partial charge in [-0.2, -0.15) is 0 Å². The van der Waals surface area contributed by atoms with Gasteiger partial charge < -0.3 is 11.1 Å². The Bertz CT molecular complexity index is 479. The molecule has 18 heavy (non-hydrogen) atoms. The summed E-state index contributed by atoms with van der Waals surface area (Å²) in [6, 6.07) is 4.36. The second-order valence-electron chi connectivity index (χ2n) is 4.24. The number of benzene rings is 1. The minimum absolute atomic E-state index is 0.0113. The van der Waals surface area contributed by atoms with Crippen molar-refractivity contribution in [2.45, 2.75) is 13.8 Å². The molecule has 0 saturated carbocycles. The van der Waals surface area contributed by atoms with Gasteiger partial charge in [0.05, 0.1) is 15.4 Å². The number of nitrogens with two attached hydrogens (primary N) is 1. The first-order chi connectivity index (χ1) is 8.32. The van der Waals surface area contributed by atoms with E-state index in [1.807, 2.05) is 13.8 Å². The van der Waals surface area contributed by atoms with Crippen molar-refractivity contribution in [1.82, 2.24) is 0 Å². The quantitative estimate of drug-likeness (QED) is 0.833. The van der Waals surface area contributed by atoms with Crippen molar-refractivity contribution in [3.05, 3.63) is 28.5 Å². The van der Waals surface area contributed by atoms with E-state index >= 15 is 0 Å². The van der Waals surface area contributed by atoms with Gasteiger partial charge in [0.25, 0.3) is 0 Å². The highest BCUT2D eigenvalue weighted by molar-refractivity contribution is 9.10. The summed E-state index contributed by atoms with van der Waals surface area (Å²) in [5.41, 5.74) is 5.91. The average Bonchev–Trinajstić information content (AvgIpc) is 2.22. The molecule has 0 bridgehead atoms. The van der Waals surface area contributed by atoms with E-state index in [4.69, 9.17) is 18.0 Å². The highest BCUT2D eigenvalue weighted by atomic mass is 79.9. The molecule has 0 aliphatic carbocycles. The van der Waals surface area contributed by atoms with Gasteiger partial charge >= 0.3 is 0 Å². The number of halogens is 2. The van der Waals surface area contributed by atoms with Crippen molar-refractivity contribution in [1.29, 1.82) is 0 Å². The van der Waals surface area contributed by atoms with Crippen molar-refractivity contribution in [2.24, 2.45) is 17.6 Å². The van der Waals surface area contributed by atoms with Crippen LogP contribution in [0, 0.1) is 17.7 Å². The van der Waals surface area contributed by atoms with E-state index in [1.165, 1.54) is 12.1 Å². The van der Waals surface area contributed by atoms with Crippen LogP contribution in [0.3, 0.4) is 0 Å². The number of hydrogen-bond acceptors (Lipinski definition) is 2. The molecule has 0 aliphatic rings. The van der Waals surface area contributed by atoms with Gasteiger partial charge in [-0.25, -0.2) is 4.39 Å². The lowest BCUT2D eigenvalue weighted by atomic mass is 9.95. The molecule has 0 saturated heterocycles. The van der Waals surface area contributed by atoms with Gasteiger partial charge in [0, 0.05) is 5.69 Å². The number of hydrogen-bond donors (Lipinski definition) is 2. The van der Waals surface area contributed by atoms with Gasteiger partial charge in [0.1, 0.15) is 5.82 Å². The maximum atomic E-state index is 13.3. The van der Waals surface area contributed by atoms with Gasteiger partial charge in [-0.05, 0) is 40.0 Å². The predicted octanol–water partition coefficient (Wildman–Crippen LogP) is 3.08. The Balaban J connectivity index is 2.86. The summed E-state index contributed by atoms with van der Waals surface area (Å²) in [7, 11) is 0. The maximum Gasteiger partial charge on any atom is 0.234 e. The van der Waals surface area contributed by atoms with Crippen molar-refractivity contribution in [3.8, 4) is 0 Å². The zero-order chi connectivity index (χ0) is 13.9. The van der Waals surface area contributed by atoms with Crippen LogP contribution in [0.15, 0.2) is 22.7 Å². The third kappa shape index (κ3) is 3.74. The Labute approximate surface area is 119 Å². The molecule has 3 N–H and O–H groups in total. The Morgan fingerprint density at radius 1 is 1.50 bits per heavy atom. The summed E-state index contributed by atoms with van der Waals surface area (Å²) in [5, 5.41) is 2.61. The molecule has 1 rings (SSSR count). The van der Waals surface area contributed by atoms with Crippen molar-refractivity contribution < 1.29 is 9.18 Å². The van der Waals surface area contributed by atoms with Crippen LogP contribution in [0.2, 0.25) is 0 Å². The molecule has 1 amide bonds. The van der Waals surface area contributed by atoms with Crippen LogP contribution in [0.1, 0.15) is 13.8 Å². The highest BCUT2D eigenvalue weighted by Crippen LogP contribution is 2.21. The minimum Gasteiger partial charge on any atom is -0.393 e. The van der Waals surface area contributed by atoms with Crippen LogP contribution in [0.4, 0.5) is 10.1 Å². The fourth-order valence-electron chi connectivity index (χ4n) is 1.55. The summed E-state index contributed by atoms with van der Waals surface area (Å²) in [6.07, 6.45) is 0. The second-order valence-corrected chi connectivity index (χ2v) is 5.57. The van der Waals surface area contributed by atoms with E-state index in [9.17, 15) is 9.18 Å². The van der Waals surface area contributed by atoms with Crippen LogP contribution >= 0.6 is 28.1 Å². The van der Waals surface area contributed by atoms with E-state index in [2.05, 4.69) is 21.2 Å². The van der Waals surface area contributed by atoms with Gasteiger partial charge in [-0.15, -0.1) is 0 Å². The molecule has 0 spiro atoms. The topological polar surface area (TPSA) is 55.1 Å². The van der Waals surface area contributed by atoms with Crippen LogP contribution < -0.4 is 11.1 Å². The number of carbonyl (C=O) groups is 1. The SMILES string of the molecule is CC(C)C(C(=O)Nc1ccc(Br)c(F)c1)C(N)=S. The molecule has 0 aliphatic heterocycles. The molecule has 6 heteroatoms. The zero-order valence-electron chi connectivity index (χ0n) is 10.0. The first-order valence-electron chi connectivity index (χ1n) is 5.38. The molecule has 1 atom stereocenters. The molecule has 1 aromatic carbocycles. The summed E-state index contributed by atoms with van der Waals surface area (Å²) in [6.45, 7) is 3.71. The molecule has 98 valence electrons. The monoisotopic (exact) mass is 332 g/mol. The van der Waals surface area contributed by atoms with Gasteiger partial charge in [0.15, 0.2) is 0 Å². The number of carbonyl (C=O) groups excluding carboxylic acids is 1. The first-order valence-corrected chi connectivity index (χ1v) is 6.58. The highest BCUT2D eigenvalue weighted by Gasteiger charge is 2.25. The molecular formula is C12H14BrFN2OS. The minimum atomic E-state index is -0.563. The predicted molar refractivity (Wildman–Crippen MR) is 77.8 cm³/mol. The van der Waals surface area contributed by atoms with Crippen molar-refractivity contribution in [3.63, 3.8) is 0 Å². The lowest BCUT2D eigenvalue weighted by Gasteiger charge is -2.18. The molecule has 0 radical (unpaired) electrons. The molecule has 0 heterocycles.